The predicted octanol–water partition coefficient (Wildman–Crippen LogP) is 6.61. The van der Waals surface area contributed by atoms with Crippen molar-refractivity contribution in [3.8, 4) is 6.07 Å². The number of hydrogen-bond donors (Lipinski definition) is 0. The second-order valence-corrected chi connectivity index (χ2v) is 8.10. The summed E-state index contributed by atoms with van der Waals surface area (Å²) >= 11 is 0. The first kappa shape index (κ1) is 19.3. The Morgan fingerprint density at radius 2 is 1.77 bits per heavy atom. The highest BCUT2D eigenvalue weighted by molar-refractivity contribution is 5.19. The van der Waals surface area contributed by atoms with Crippen LogP contribution in [-0.4, -0.2) is 0 Å². The molecule has 5 atom stereocenters. The van der Waals surface area contributed by atoms with Crippen LogP contribution in [0.25, 0.3) is 0 Å². The van der Waals surface area contributed by atoms with E-state index >= 15 is 0 Å². The molecule has 0 bridgehead atoms. The zero-order chi connectivity index (χ0) is 16.7. The summed E-state index contributed by atoms with van der Waals surface area (Å²) < 4.78 is 0. The molecule has 0 amide bonds. The van der Waals surface area contributed by atoms with Gasteiger partial charge < -0.3 is 0 Å². The van der Waals surface area contributed by atoms with Crippen LogP contribution >= 0.6 is 0 Å². The minimum Gasteiger partial charge on any atom is -0.198 e. The summed E-state index contributed by atoms with van der Waals surface area (Å²) in [6.45, 7) is 13.9. The van der Waals surface area contributed by atoms with E-state index < -0.39 is 0 Å². The van der Waals surface area contributed by atoms with Crippen molar-refractivity contribution in [2.24, 2.45) is 35.5 Å². The summed E-state index contributed by atoms with van der Waals surface area (Å²) in [6.07, 6.45) is 10.1. The van der Waals surface area contributed by atoms with E-state index in [0.29, 0.717) is 17.8 Å². The SMILES string of the molecule is CCC1C(CCC(C)CCCC(C)C)=CC(C#N)C(C)C1C. The lowest BCUT2D eigenvalue weighted by atomic mass is 9.67. The first-order valence-electron chi connectivity index (χ1n) is 9.50. The first-order valence-corrected chi connectivity index (χ1v) is 9.50. The fourth-order valence-corrected chi connectivity index (χ4v) is 4.03. The van der Waals surface area contributed by atoms with Crippen molar-refractivity contribution in [2.75, 3.05) is 0 Å². The maximum atomic E-state index is 9.41. The number of nitriles is 1. The van der Waals surface area contributed by atoms with Crippen LogP contribution in [0.1, 0.15) is 80.1 Å². The molecule has 0 saturated heterocycles. The number of rotatable bonds is 8. The van der Waals surface area contributed by atoms with Crippen molar-refractivity contribution in [1.82, 2.24) is 0 Å². The van der Waals surface area contributed by atoms with Gasteiger partial charge in [-0.1, -0.05) is 72.5 Å². The number of nitrogens with zero attached hydrogens (tertiary/aromatic N) is 1. The zero-order valence-electron chi connectivity index (χ0n) is 15.7. The molecular formula is C21H37N. The normalized spacial score (nSPS) is 30.0. The molecule has 0 spiro atoms. The highest BCUT2D eigenvalue weighted by Gasteiger charge is 2.33. The standard InChI is InChI=1S/C21H37N/c1-7-21-18(6)17(5)20(14-22)13-19(21)12-11-16(4)10-8-9-15(2)3/h13,15-18,20-21H,7-12H2,1-6H3. The topological polar surface area (TPSA) is 23.8 Å². The average molecular weight is 304 g/mol. The molecule has 0 fully saturated rings. The van der Waals surface area contributed by atoms with Crippen molar-refractivity contribution in [3.63, 3.8) is 0 Å². The molecule has 0 aromatic rings. The summed E-state index contributed by atoms with van der Waals surface area (Å²) in [4.78, 5) is 0. The molecule has 22 heavy (non-hydrogen) atoms. The summed E-state index contributed by atoms with van der Waals surface area (Å²) in [5.74, 6) is 3.61. The van der Waals surface area contributed by atoms with E-state index in [4.69, 9.17) is 0 Å². The molecule has 1 heteroatoms. The van der Waals surface area contributed by atoms with E-state index in [0.717, 1.165) is 11.8 Å². The van der Waals surface area contributed by atoms with Gasteiger partial charge in [0.2, 0.25) is 0 Å². The molecular weight excluding hydrogens is 266 g/mol. The Morgan fingerprint density at radius 1 is 1.09 bits per heavy atom. The van der Waals surface area contributed by atoms with E-state index in [2.05, 4.69) is 53.7 Å². The van der Waals surface area contributed by atoms with E-state index in [1.54, 1.807) is 5.57 Å². The molecule has 5 unspecified atom stereocenters. The van der Waals surface area contributed by atoms with Crippen LogP contribution in [0.5, 0.6) is 0 Å². The van der Waals surface area contributed by atoms with Crippen LogP contribution in [0.2, 0.25) is 0 Å². The number of hydrogen-bond acceptors (Lipinski definition) is 1. The van der Waals surface area contributed by atoms with E-state index in [1.807, 2.05) is 0 Å². The minimum atomic E-state index is 0.129. The van der Waals surface area contributed by atoms with Crippen molar-refractivity contribution < 1.29 is 0 Å². The Bertz CT molecular complexity index is 387. The summed E-state index contributed by atoms with van der Waals surface area (Å²) in [5, 5.41) is 9.41. The van der Waals surface area contributed by atoms with E-state index in [1.165, 1.54) is 38.5 Å². The fraction of sp³-hybridized carbons (Fsp3) is 0.857. The number of allylic oxidation sites excluding steroid dienone is 2. The van der Waals surface area contributed by atoms with Gasteiger partial charge in [0.25, 0.3) is 0 Å². The van der Waals surface area contributed by atoms with Gasteiger partial charge in [0.15, 0.2) is 0 Å². The molecule has 0 aromatic heterocycles. The lowest BCUT2D eigenvalue weighted by molar-refractivity contribution is 0.232. The van der Waals surface area contributed by atoms with Crippen LogP contribution in [-0.2, 0) is 0 Å². The van der Waals surface area contributed by atoms with Gasteiger partial charge in [0, 0.05) is 0 Å². The van der Waals surface area contributed by atoms with Gasteiger partial charge in [-0.15, -0.1) is 0 Å². The monoisotopic (exact) mass is 303 g/mol. The van der Waals surface area contributed by atoms with Crippen molar-refractivity contribution in [1.29, 1.82) is 5.26 Å². The van der Waals surface area contributed by atoms with E-state index in [-0.39, 0.29) is 5.92 Å². The Hall–Kier alpha value is -0.770. The largest absolute Gasteiger partial charge is 0.198 e. The van der Waals surface area contributed by atoms with Gasteiger partial charge in [0.1, 0.15) is 0 Å². The minimum absolute atomic E-state index is 0.129. The molecule has 1 rings (SSSR count). The smallest absolute Gasteiger partial charge is 0.0700 e. The summed E-state index contributed by atoms with van der Waals surface area (Å²) in [6, 6.07) is 2.52. The van der Waals surface area contributed by atoms with Gasteiger partial charge in [0.05, 0.1) is 12.0 Å². The predicted molar refractivity (Wildman–Crippen MR) is 96.4 cm³/mol. The van der Waals surface area contributed by atoms with Crippen molar-refractivity contribution in [3.05, 3.63) is 11.6 Å². The Kier molecular flexibility index (Phi) is 8.23. The highest BCUT2D eigenvalue weighted by atomic mass is 14.4. The second-order valence-electron chi connectivity index (χ2n) is 8.10. The zero-order valence-corrected chi connectivity index (χ0v) is 15.7. The molecule has 0 aliphatic heterocycles. The Morgan fingerprint density at radius 3 is 2.32 bits per heavy atom. The molecule has 0 aromatic carbocycles. The third-order valence-corrected chi connectivity index (χ3v) is 5.89. The molecule has 1 aliphatic rings. The molecule has 0 radical (unpaired) electrons. The second kappa shape index (κ2) is 9.39. The molecule has 1 nitrogen and oxygen atoms in total. The molecule has 0 saturated carbocycles. The van der Waals surface area contributed by atoms with Crippen LogP contribution < -0.4 is 0 Å². The molecule has 126 valence electrons. The first-order chi connectivity index (χ1) is 10.4. The molecule has 0 heterocycles. The molecule has 1 aliphatic carbocycles. The van der Waals surface area contributed by atoms with Crippen LogP contribution in [0.3, 0.4) is 0 Å². The van der Waals surface area contributed by atoms with E-state index in [9.17, 15) is 5.26 Å². The lowest BCUT2D eigenvalue weighted by Gasteiger charge is -2.37. The third kappa shape index (κ3) is 5.45. The molecule has 0 N–H and O–H groups in total. The highest BCUT2D eigenvalue weighted by Crippen LogP contribution is 2.41. The maximum Gasteiger partial charge on any atom is 0.0700 e. The van der Waals surface area contributed by atoms with Crippen LogP contribution in [0.4, 0.5) is 0 Å². The Balaban J connectivity index is 2.56. The van der Waals surface area contributed by atoms with Gasteiger partial charge in [-0.05, 0) is 48.9 Å². The van der Waals surface area contributed by atoms with Crippen molar-refractivity contribution >= 4 is 0 Å². The quantitative estimate of drug-likeness (QED) is 0.463. The van der Waals surface area contributed by atoms with Crippen LogP contribution in [0.15, 0.2) is 11.6 Å². The third-order valence-electron chi connectivity index (χ3n) is 5.89. The van der Waals surface area contributed by atoms with Gasteiger partial charge in [-0.2, -0.15) is 5.26 Å². The lowest BCUT2D eigenvalue weighted by Crippen LogP contribution is -2.30. The Labute approximate surface area is 139 Å². The summed E-state index contributed by atoms with van der Waals surface area (Å²) in [7, 11) is 0. The van der Waals surface area contributed by atoms with Crippen LogP contribution in [0, 0.1) is 46.8 Å². The van der Waals surface area contributed by atoms with Gasteiger partial charge in [-0.3, -0.25) is 0 Å². The van der Waals surface area contributed by atoms with Crippen molar-refractivity contribution in [2.45, 2.75) is 80.1 Å². The fourth-order valence-electron chi connectivity index (χ4n) is 4.03. The summed E-state index contributed by atoms with van der Waals surface area (Å²) in [5.41, 5.74) is 1.58. The van der Waals surface area contributed by atoms with Gasteiger partial charge in [-0.25, -0.2) is 0 Å². The maximum absolute atomic E-state index is 9.41. The average Bonchev–Trinajstić information content (AvgIpc) is 2.47. The van der Waals surface area contributed by atoms with Gasteiger partial charge >= 0.3 is 0 Å².